The van der Waals surface area contributed by atoms with Crippen molar-refractivity contribution in [2.24, 2.45) is 0 Å². The third-order valence-corrected chi connectivity index (χ3v) is 5.96. The van der Waals surface area contributed by atoms with E-state index in [2.05, 4.69) is 0 Å². The highest BCUT2D eigenvalue weighted by molar-refractivity contribution is 8.26. The summed E-state index contributed by atoms with van der Waals surface area (Å²) in [5, 5.41) is 11.2. The van der Waals surface area contributed by atoms with Crippen LogP contribution in [-0.4, -0.2) is 53.5 Å². The van der Waals surface area contributed by atoms with E-state index in [1.807, 2.05) is 31.2 Å². The van der Waals surface area contributed by atoms with Crippen LogP contribution in [0, 0.1) is 17.0 Å². The Morgan fingerprint density at radius 3 is 2.41 bits per heavy atom. The van der Waals surface area contributed by atoms with Crippen molar-refractivity contribution < 1.29 is 23.9 Å². The van der Waals surface area contributed by atoms with Gasteiger partial charge in [-0.15, -0.1) is 0 Å². The number of benzene rings is 2. The van der Waals surface area contributed by atoms with Crippen LogP contribution in [0.25, 0.3) is 6.08 Å². The molecule has 0 saturated carbocycles. The molecule has 1 amide bonds. The summed E-state index contributed by atoms with van der Waals surface area (Å²) in [6.07, 6.45) is 1.56. The standard InChI is InChI=1S/C22H22N2O6S2/c1-15-3-6-18(7-4-15)29-11-9-28-10-12-30-19-8-5-17(24(26)27)13-16(19)14-20-21(25)23(2)22(31)32-20/h3-8,13-14H,9-12H2,1-2H3/b20-14+. The molecule has 8 nitrogen and oxygen atoms in total. The fourth-order valence-electron chi connectivity index (χ4n) is 2.75. The largest absolute Gasteiger partial charge is 0.491 e. The first kappa shape index (κ1) is 23.7. The Morgan fingerprint density at radius 2 is 1.78 bits per heavy atom. The van der Waals surface area contributed by atoms with E-state index in [0.717, 1.165) is 23.1 Å². The van der Waals surface area contributed by atoms with Crippen LogP contribution < -0.4 is 9.47 Å². The lowest BCUT2D eigenvalue weighted by molar-refractivity contribution is -0.384. The van der Waals surface area contributed by atoms with Gasteiger partial charge in [0, 0.05) is 24.7 Å². The van der Waals surface area contributed by atoms with Crippen molar-refractivity contribution in [3.63, 3.8) is 0 Å². The van der Waals surface area contributed by atoms with Gasteiger partial charge in [0.05, 0.1) is 23.0 Å². The molecule has 0 spiro atoms. The molecule has 0 radical (unpaired) electrons. The molecule has 3 rings (SSSR count). The van der Waals surface area contributed by atoms with Crippen molar-refractivity contribution in [3.8, 4) is 11.5 Å². The van der Waals surface area contributed by atoms with E-state index in [1.54, 1.807) is 13.1 Å². The molecule has 1 aliphatic rings. The predicted octanol–water partition coefficient (Wildman–Crippen LogP) is 4.21. The topological polar surface area (TPSA) is 91.1 Å². The minimum absolute atomic E-state index is 0.0971. The highest BCUT2D eigenvalue weighted by Gasteiger charge is 2.29. The molecule has 168 valence electrons. The summed E-state index contributed by atoms with van der Waals surface area (Å²) in [6.45, 7) is 3.36. The van der Waals surface area contributed by atoms with Gasteiger partial charge in [-0.05, 0) is 31.2 Å². The molecule has 0 N–H and O–H groups in total. The van der Waals surface area contributed by atoms with E-state index in [-0.39, 0.29) is 18.2 Å². The first-order valence-corrected chi connectivity index (χ1v) is 11.0. The number of nitro benzene ring substituents is 1. The summed E-state index contributed by atoms with van der Waals surface area (Å²) in [5.74, 6) is 0.939. The van der Waals surface area contributed by atoms with Gasteiger partial charge in [-0.2, -0.15) is 0 Å². The molecule has 0 unspecified atom stereocenters. The fraction of sp³-hybridized carbons (Fsp3) is 0.273. The lowest BCUT2D eigenvalue weighted by Gasteiger charge is -2.11. The SMILES string of the molecule is Cc1ccc(OCCOCCOc2ccc([N+](=O)[O-])cc2/C=C2/SC(=S)N(C)C2=O)cc1. The van der Waals surface area contributed by atoms with Gasteiger partial charge < -0.3 is 14.2 Å². The molecule has 2 aromatic carbocycles. The molecular formula is C22H22N2O6S2. The quantitative estimate of drug-likeness (QED) is 0.166. The minimum Gasteiger partial charge on any atom is -0.491 e. The molecule has 0 aliphatic carbocycles. The van der Waals surface area contributed by atoms with Gasteiger partial charge in [-0.3, -0.25) is 19.8 Å². The number of non-ortho nitro benzene ring substituents is 1. The molecule has 10 heteroatoms. The molecule has 1 saturated heterocycles. The zero-order valence-corrected chi connectivity index (χ0v) is 19.2. The summed E-state index contributed by atoms with van der Waals surface area (Å²) in [7, 11) is 1.59. The van der Waals surface area contributed by atoms with Crippen LogP contribution in [0.2, 0.25) is 0 Å². The third kappa shape index (κ3) is 6.28. The van der Waals surface area contributed by atoms with Crippen molar-refractivity contribution in [1.82, 2.24) is 4.90 Å². The van der Waals surface area contributed by atoms with E-state index >= 15 is 0 Å². The Kier molecular flexibility index (Phi) is 8.20. The van der Waals surface area contributed by atoms with Crippen molar-refractivity contribution in [2.45, 2.75) is 6.92 Å². The average molecular weight is 475 g/mol. The lowest BCUT2D eigenvalue weighted by atomic mass is 10.1. The van der Waals surface area contributed by atoms with Crippen molar-refractivity contribution in [3.05, 3.63) is 68.6 Å². The van der Waals surface area contributed by atoms with Gasteiger partial charge in [0.1, 0.15) is 29.0 Å². The summed E-state index contributed by atoms with van der Waals surface area (Å²) in [4.78, 5) is 24.7. The van der Waals surface area contributed by atoms with E-state index < -0.39 is 4.92 Å². The summed E-state index contributed by atoms with van der Waals surface area (Å²) >= 11 is 6.27. The highest BCUT2D eigenvalue weighted by Crippen LogP contribution is 2.34. The van der Waals surface area contributed by atoms with Crippen molar-refractivity contribution >= 4 is 46.0 Å². The maximum Gasteiger partial charge on any atom is 0.270 e. The predicted molar refractivity (Wildman–Crippen MR) is 127 cm³/mol. The van der Waals surface area contributed by atoms with Crippen LogP contribution >= 0.6 is 24.0 Å². The van der Waals surface area contributed by atoms with Gasteiger partial charge in [0.15, 0.2) is 0 Å². The van der Waals surface area contributed by atoms with Gasteiger partial charge in [0.2, 0.25) is 0 Å². The number of hydrogen-bond acceptors (Lipinski definition) is 8. The van der Waals surface area contributed by atoms with E-state index in [4.69, 9.17) is 26.4 Å². The van der Waals surface area contributed by atoms with Crippen LogP contribution in [0.5, 0.6) is 11.5 Å². The van der Waals surface area contributed by atoms with Crippen LogP contribution in [0.4, 0.5) is 5.69 Å². The monoisotopic (exact) mass is 474 g/mol. The van der Waals surface area contributed by atoms with E-state index in [0.29, 0.717) is 40.4 Å². The average Bonchev–Trinajstić information content (AvgIpc) is 3.01. The Hall–Kier alpha value is -2.95. The Labute approximate surface area is 195 Å². The number of thioether (sulfide) groups is 1. The smallest absolute Gasteiger partial charge is 0.270 e. The molecule has 2 aromatic rings. The number of rotatable bonds is 10. The zero-order valence-electron chi connectivity index (χ0n) is 17.6. The number of aryl methyl sites for hydroxylation is 1. The maximum atomic E-state index is 12.3. The number of ether oxygens (including phenoxy) is 3. The Morgan fingerprint density at radius 1 is 1.09 bits per heavy atom. The number of hydrogen-bond donors (Lipinski definition) is 0. The number of thiocarbonyl (C=S) groups is 1. The number of amides is 1. The highest BCUT2D eigenvalue weighted by atomic mass is 32.2. The molecular weight excluding hydrogens is 452 g/mol. The Bertz CT molecular complexity index is 1040. The Balaban J connectivity index is 1.54. The molecule has 0 aromatic heterocycles. The first-order chi connectivity index (χ1) is 15.3. The lowest BCUT2D eigenvalue weighted by Crippen LogP contribution is -2.22. The number of nitro groups is 1. The van der Waals surface area contributed by atoms with Gasteiger partial charge >= 0.3 is 0 Å². The molecule has 32 heavy (non-hydrogen) atoms. The van der Waals surface area contributed by atoms with Gasteiger partial charge in [-0.1, -0.05) is 41.7 Å². The summed E-state index contributed by atoms with van der Waals surface area (Å²) in [6, 6.07) is 12.0. The summed E-state index contributed by atoms with van der Waals surface area (Å²) < 4.78 is 17.3. The third-order valence-electron chi connectivity index (χ3n) is 4.48. The number of carbonyl (C=O) groups is 1. The molecule has 1 fully saturated rings. The maximum absolute atomic E-state index is 12.3. The van der Waals surface area contributed by atoms with Crippen LogP contribution in [0.1, 0.15) is 11.1 Å². The van der Waals surface area contributed by atoms with Crippen LogP contribution in [0.15, 0.2) is 47.4 Å². The molecule has 0 atom stereocenters. The second-order valence-electron chi connectivity index (χ2n) is 6.84. The second kappa shape index (κ2) is 11.1. The van der Waals surface area contributed by atoms with Gasteiger partial charge in [-0.25, -0.2) is 0 Å². The molecule has 1 heterocycles. The van der Waals surface area contributed by atoms with Crippen molar-refractivity contribution in [2.75, 3.05) is 33.5 Å². The normalized spacial score (nSPS) is 14.8. The number of carbonyl (C=O) groups excluding carboxylic acids is 1. The van der Waals surface area contributed by atoms with Crippen LogP contribution in [0.3, 0.4) is 0 Å². The van der Waals surface area contributed by atoms with Gasteiger partial charge in [0.25, 0.3) is 11.6 Å². The second-order valence-corrected chi connectivity index (χ2v) is 8.52. The first-order valence-electron chi connectivity index (χ1n) is 9.75. The van der Waals surface area contributed by atoms with E-state index in [9.17, 15) is 14.9 Å². The number of likely N-dealkylation sites (N-methyl/N-ethyl adjacent to an activating group) is 1. The summed E-state index contributed by atoms with van der Waals surface area (Å²) in [5.41, 5.74) is 1.49. The minimum atomic E-state index is -0.497. The van der Waals surface area contributed by atoms with Crippen LogP contribution in [-0.2, 0) is 9.53 Å². The number of nitrogens with zero attached hydrogens (tertiary/aromatic N) is 2. The van der Waals surface area contributed by atoms with Crippen molar-refractivity contribution in [1.29, 1.82) is 0 Å². The zero-order chi connectivity index (χ0) is 23.1. The molecule has 0 bridgehead atoms. The molecule has 1 aliphatic heterocycles. The van der Waals surface area contributed by atoms with E-state index in [1.165, 1.54) is 23.1 Å². The fourth-order valence-corrected chi connectivity index (χ4v) is 3.92.